The Morgan fingerprint density at radius 2 is 2.14 bits per heavy atom. The van der Waals surface area contributed by atoms with Crippen molar-refractivity contribution in [3.63, 3.8) is 0 Å². The Labute approximate surface area is 125 Å². The second-order valence-corrected chi connectivity index (χ2v) is 5.14. The van der Waals surface area contributed by atoms with Crippen LogP contribution in [0.3, 0.4) is 0 Å². The van der Waals surface area contributed by atoms with Crippen LogP contribution in [-0.2, 0) is 6.54 Å². The third kappa shape index (κ3) is 3.48. The quantitative estimate of drug-likeness (QED) is 0.673. The van der Waals surface area contributed by atoms with E-state index in [2.05, 4.69) is 25.3 Å². The molecule has 0 radical (unpaired) electrons. The van der Waals surface area contributed by atoms with E-state index >= 15 is 0 Å². The van der Waals surface area contributed by atoms with E-state index < -0.39 is 0 Å². The molecule has 0 saturated carbocycles. The first-order valence-corrected chi connectivity index (χ1v) is 6.98. The van der Waals surface area contributed by atoms with E-state index in [9.17, 15) is 0 Å². The SMILES string of the molecule is COc1ccc(/C=N/c2nnc(Cn3cncn3)s2)cc1. The molecule has 0 atom stereocenters. The van der Waals surface area contributed by atoms with Crippen molar-refractivity contribution in [3.8, 4) is 5.75 Å². The average molecular weight is 300 g/mol. The van der Waals surface area contributed by atoms with Crippen LogP contribution in [0.25, 0.3) is 0 Å². The molecule has 106 valence electrons. The van der Waals surface area contributed by atoms with Gasteiger partial charge in [-0.25, -0.2) is 14.7 Å². The first-order valence-electron chi connectivity index (χ1n) is 6.16. The molecule has 0 fully saturated rings. The van der Waals surface area contributed by atoms with Crippen molar-refractivity contribution in [1.82, 2.24) is 25.0 Å². The summed E-state index contributed by atoms with van der Waals surface area (Å²) >= 11 is 1.42. The maximum atomic E-state index is 5.11. The van der Waals surface area contributed by atoms with Gasteiger partial charge in [0.1, 0.15) is 23.4 Å². The minimum absolute atomic E-state index is 0.551. The maximum Gasteiger partial charge on any atom is 0.231 e. The highest BCUT2D eigenvalue weighted by molar-refractivity contribution is 7.14. The van der Waals surface area contributed by atoms with Gasteiger partial charge in [-0.1, -0.05) is 11.3 Å². The van der Waals surface area contributed by atoms with Crippen LogP contribution in [0, 0.1) is 0 Å². The molecule has 0 unspecified atom stereocenters. The van der Waals surface area contributed by atoms with Gasteiger partial charge in [0.25, 0.3) is 0 Å². The molecule has 0 N–H and O–H groups in total. The molecular formula is C13H12N6OS. The number of aliphatic imine (C=N–C) groups is 1. The van der Waals surface area contributed by atoms with E-state index in [0.717, 1.165) is 16.3 Å². The van der Waals surface area contributed by atoms with Crippen LogP contribution in [0.15, 0.2) is 41.9 Å². The zero-order chi connectivity index (χ0) is 14.5. The second-order valence-electron chi connectivity index (χ2n) is 4.10. The minimum Gasteiger partial charge on any atom is -0.497 e. The first-order chi connectivity index (χ1) is 10.3. The molecule has 0 bridgehead atoms. The molecule has 7 nitrogen and oxygen atoms in total. The standard InChI is InChI=1S/C13H12N6OS/c1-20-11-4-2-10(3-5-11)6-15-13-18-17-12(21-13)7-19-9-14-8-16-19/h2-6,8-9H,7H2,1H3/b15-6+. The Morgan fingerprint density at radius 3 is 2.86 bits per heavy atom. The van der Waals surface area contributed by atoms with E-state index in [1.165, 1.54) is 17.7 Å². The number of ether oxygens (including phenoxy) is 1. The van der Waals surface area contributed by atoms with Gasteiger partial charge in [0.2, 0.25) is 5.13 Å². The van der Waals surface area contributed by atoms with E-state index in [1.54, 1.807) is 24.3 Å². The topological polar surface area (TPSA) is 78.1 Å². The molecule has 0 saturated heterocycles. The Kier molecular flexibility index (Phi) is 3.97. The molecule has 21 heavy (non-hydrogen) atoms. The van der Waals surface area contributed by atoms with Gasteiger partial charge in [0.15, 0.2) is 0 Å². The highest BCUT2D eigenvalue weighted by atomic mass is 32.1. The Hall–Kier alpha value is -2.61. The summed E-state index contributed by atoms with van der Waals surface area (Å²) in [4.78, 5) is 8.20. The molecule has 8 heteroatoms. The molecule has 0 spiro atoms. The summed E-state index contributed by atoms with van der Waals surface area (Å²) < 4.78 is 6.80. The third-order valence-electron chi connectivity index (χ3n) is 2.66. The van der Waals surface area contributed by atoms with Gasteiger partial charge >= 0.3 is 0 Å². The van der Waals surface area contributed by atoms with Crippen LogP contribution in [0.2, 0.25) is 0 Å². The summed E-state index contributed by atoms with van der Waals surface area (Å²) in [7, 11) is 1.64. The fourth-order valence-electron chi connectivity index (χ4n) is 1.63. The summed E-state index contributed by atoms with van der Waals surface area (Å²) in [6.07, 6.45) is 4.88. The third-order valence-corrected chi connectivity index (χ3v) is 3.48. The maximum absolute atomic E-state index is 5.11. The van der Waals surface area contributed by atoms with Crippen molar-refractivity contribution in [2.24, 2.45) is 4.99 Å². The van der Waals surface area contributed by atoms with E-state index in [1.807, 2.05) is 24.3 Å². The molecule has 1 aromatic carbocycles. The molecule has 3 rings (SSSR count). The van der Waals surface area contributed by atoms with E-state index in [0.29, 0.717) is 11.7 Å². The zero-order valence-corrected chi connectivity index (χ0v) is 12.1. The smallest absolute Gasteiger partial charge is 0.231 e. The van der Waals surface area contributed by atoms with Gasteiger partial charge in [-0.2, -0.15) is 5.10 Å². The number of aromatic nitrogens is 5. The van der Waals surface area contributed by atoms with Crippen LogP contribution in [0.1, 0.15) is 10.6 Å². The lowest BCUT2D eigenvalue weighted by Crippen LogP contribution is -1.99. The zero-order valence-electron chi connectivity index (χ0n) is 11.2. The van der Waals surface area contributed by atoms with Crippen LogP contribution in [-0.4, -0.2) is 38.3 Å². The van der Waals surface area contributed by atoms with E-state index in [-0.39, 0.29) is 0 Å². The first kappa shape index (κ1) is 13.4. The minimum atomic E-state index is 0.551. The van der Waals surface area contributed by atoms with Gasteiger partial charge in [0, 0.05) is 6.21 Å². The summed E-state index contributed by atoms with van der Waals surface area (Å²) in [5, 5.41) is 13.6. The molecular weight excluding hydrogens is 288 g/mol. The normalized spacial score (nSPS) is 11.1. The lowest BCUT2D eigenvalue weighted by Gasteiger charge is -1.98. The summed E-state index contributed by atoms with van der Waals surface area (Å²) in [6, 6.07) is 7.63. The monoisotopic (exact) mass is 300 g/mol. The van der Waals surface area contributed by atoms with Crippen molar-refractivity contribution in [2.45, 2.75) is 6.54 Å². The largest absolute Gasteiger partial charge is 0.497 e. The fraction of sp³-hybridized carbons (Fsp3) is 0.154. The molecule has 2 aromatic heterocycles. The van der Waals surface area contributed by atoms with Gasteiger partial charge in [-0.15, -0.1) is 10.2 Å². The van der Waals surface area contributed by atoms with Crippen molar-refractivity contribution < 1.29 is 4.74 Å². The Bertz CT molecular complexity index is 719. The van der Waals surface area contributed by atoms with Gasteiger partial charge in [-0.3, -0.25) is 0 Å². The van der Waals surface area contributed by atoms with Gasteiger partial charge in [0.05, 0.1) is 13.7 Å². The number of hydrogen-bond acceptors (Lipinski definition) is 7. The molecule has 3 aromatic rings. The summed E-state index contributed by atoms with van der Waals surface area (Å²) in [5.74, 6) is 0.818. The number of methoxy groups -OCH3 is 1. The summed E-state index contributed by atoms with van der Waals surface area (Å²) in [5.41, 5.74) is 0.976. The molecule has 2 heterocycles. The number of rotatable bonds is 5. The van der Waals surface area contributed by atoms with Crippen molar-refractivity contribution >= 4 is 22.7 Å². The van der Waals surface area contributed by atoms with Gasteiger partial charge < -0.3 is 4.74 Å². The summed E-state index contributed by atoms with van der Waals surface area (Å²) in [6.45, 7) is 0.551. The number of benzene rings is 1. The molecule has 0 aliphatic carbocycles. The fourth-order valence-corrected chi connectivity index (χ4v) is 2.31. The van der Waals surface area contributed by atoms with Crippen molar-refractivity contribution in [2.75, 3.05) is 7.11 Å². The molecule has 0 amide bonds. The molecule has 0 aliphatic rings. The lowest BCUT2D eigenvalue weighted by molar-refractivity contribution is 0.415. The second kappa shape index (κ2) is 6.23. The number of hydrogen-bond donors (Lipinski definition) is 0. The Balaban J connectivity index is 1.67. The van der Waals surface area contributed by atoms with Crippen LogP contribution in [0.4, 0.5) is 5.13 Å². The van der Waals surface area contributed by atoms with Crippen LogP contribution < -0.4 is 4.74 Å². The van der Waals surface area contributed by atoms with Gasteiger partial charge in [-0.05, 0) is 29.8 Å². The van der Waals surface area contributed by atoms with Crippen molar-refractivity contribution in [3.05, 3.63) is 47.5 Å². The highest BCUT2D eigenvalue weighted by Gasteiger charge is 2.03. The predicted molar refractivity (Wildman–Crippen MR) is 79.3 cm³/mol. The highest BCUT2D eigenvalue weighted by Crippen LogP contribution is 2.19. The van der Waals surface area contributed by atoms with Crippen LogP contribution in [0.5, 0.6) is 5.75 Å². The average Bonchev–Trinajstić information content (AvgIpc) is 3.18. The lowest BCUT2D eigenvalue weighted by atomic mass is 10.2. The van der Waals surface area contributed by atoms with E-state index in [4.69, 9.17) is 4.74 Å². The van der Waals surface area contributed by atoms with Crippen LogP contribution >= 0.6 is 11.3 Å². The molecule has 0 aliphatic heterocycles. The van der Waals surface area contributed by atoms with Crippen molar-refractivity contribution in [1.29, 1.82) is 0 Å². The Morgan fingerprint density at radius 1 is 1.29 bits per heavy atom. The number of nitrogens with zero attached hydrogens (tertiary/aromatic N) is 6. The predicted octanol–water partition coefficient (Wildman–Crippen LogP) is 1.94.